The molecule has 2 aromatic carbocycles. The number of hydrogen-bond acceptors (Lipinski definition) is 5. The predicted octanol–water partition coefficient (Wildman–Crippen LogP) is 6.32. The zero-order chi connectivity index (χ0) is 29.6. The fraction of sp³-hybridized carbons (Fsp3) is 0.545. The van der Waals surface area contributed by atoms with Gasteiger partial charge in [-0.3, -0.25) is 4.79 Å². The van der Waals surface area contributed by atoms with E-state index >= 15 is 0 Å². The summed E-state index contributed by atoms with van der Waals surface area (Å²) in [6, 6.07) is 11.7. The maximum atomic E-state index is 13.5. The van der Waals surface area contributed by atoms with Gasteiger partial charge in [-0.25, -0.2) is 9.35 Å². The molecule has 2 aliphatic heterocycles. The van der Waals surface area contributed by atoms with Gasteiger partial charge in [0, 0.05) is 36.2 Å². The van der Waals surface area contributed by atoms with E-state index in [0.717, 1.165) is 61.7 Å². The standard InChI is InChI=1S/C33H42ClN3O4S/c1-21-6-4-8-30(40-3)27-12-9-25(27)18-37-19-33(15-5-7-23-16-26(34)11-13-28(23)33)20-41-31-14-10-24(17-29(31)37)32(38)36-42(35,39)22(21)2/h4,8,10-11,13-14,16-17,21-22,25,27,30H,5-7,9,12,15,18-20H2,1-3H3,(H2,35,36,38,39)/b8-4-/t21-,22+,25-,27+,30-,33-,42?/m0/s1. The zero-order valence-corrected chi connectivity index (χ0v) is 26.3. The summed E-state index contributed by atoms with van der Waals surface area (Å²) in [4.78, 5) is 15.8. The lowest BCUT2D eigenvalue weighted by Crippen LogP contribution is -2.49. The van der Waals surface area contributed by atoms with E-state index in [4.69, 9.17) is 26.2 Å². The summed E-state index contributed by atoms with van der Waals surface area (Å²) < 4.78 is 30.2. The third-order valence-corrected chi connectivity index (χ3v) is 12.5. The van der Waals surface area contributed by atoms with Crippen molar-refractivity contribution in [3.8, 4) is 5.75 Å². The number of rotatable bonds is 1. The van der Waals surface area contributed by atoms with Crippen LogP contribution in [0.15, 0.2) is 52.9 Å². The number of anilines is 1. The van der Waals surface area contributed by atoms with E-state index in [1.54, 1.807) is 13.2 Å². The largest absolute Gasteiger partial charge is 0.490 e. The molecule has 1 fully saturated rings. The van der Waals surface area contributed by atoms with Crippen LogP contribution in [0, 0.1) is 17.8 Å². The van der Waals surface area contributed by atoms with Crippen molar-refractivity contribution in [2.75, 3.05) is 31.7 Å². The first kappa shape index (κ1) is 29.7. The first-order valence-corrected chi connectivity index (χ1v) is 17.2. The Morgan fingerprint density at radius 1 is 1.19 bits per heavy atom. The van der Waals surface area contributed by atoms with E-state index < -0.39 is 21.1 Å². The number of hydrogen-bond donors (Lipinski definition) is 1. The highest BCUT2D eigenvalue weighted by Gasteiger charge is 2.44. The molecule has 2 heterocycles. The number of halogens is 1. The van der Waals surface area contributed by atoms with Crippen LogP contribution in [0.1, 0.15) is 67.4 Å². The van der Waals surface area contributed by atoms with Gasteiger partial charge in [0.15, 0.2) is 0 Å². The minimum Gasteiger partial charge on any atom is -0.490 e. The van der Waals surface area contributed by atoms with Crippen molar-refractivity contribution in [2.24, 2.45) is 27.3 Å². The summed E-state index contributed by atoms with van der Waals surface area (Å²) in [6.07, 6.45) is 10.3. The van der Waals surface area contributed by atoms with Crippen LogP contribution >= 0.6 is 11.6 Å². The van der Waals surface area contributed by atoms with E-state index in [1.165, 1.54) is 11.1 Å². The Balaban J connectivity index is 1.46. The first-order chi connectivity index (χ1) is 20.1. The number of carbonyl (C=O) groups excluding carboxylic acids is 1. The molecular weight excluding hydrogens is 570 g/mol. The SMILES string of the molecule is CO[C@H]1/C=C\C[C@H](C)[C@@H](C)S(N)(=O)=NC(=O)c2ccc3c(c2)N(C[C@@H]2CC[C@H]21)C[C@@]1(CCCc2cc(Cl)ccc21)CO3. The molecule has 0 saturated heterocycles. The molecule has 1 unspecified atom stereocenters. The van der Waals surface area contributed by atoms with Gasteiger partial charge in [-0.1, -0.05) is 36.7 Å². The predicted molar refractivity (Wildman–Crippen MR) is 169 cm³/mol. The minimum atomic E-state index is -3.26. The van der Waals surface area contributed by atoms with E-state index in [2.05, 4.69) is 33.5 Å². The number of nitrogens with zero attached hydrogens (tertiary/aromatic N) is 2. The zero-order valence-electron chi connectivity index (χ0n) is 24.8. The van der Waals surface area contributed by atoms with Gasteiger partial charge in [0.2, 0.25) is 0 Å². The summed E-state index contributed by atoms with van der Waals surface area (Å²) in [5.74, 6) is 1.02. The Morgan fingerprint density at radius 3 is 2.79 bits per heavy atom. The highest BCUT2D eigenvalue weighted by atomic mass is 35.5. The summed E-state index contributed by atoms with van der Waals surface area (Å²) in [7, 11) is -1.48. The molecule has 4 aliphatic rings. The molecule has 2 aromatic rings. The molecule has 226 valence electrons. The Kier molecular flexibility index (Phi) is 8.20. The van der Waals surface area contributed by atoms with Crippen LogP contribution in [0.5, 0.6) is 5.75 Å². The summed E-state index contributed by atoms with van der Waals surface area (Å²) in [5, 5.41) is 6.53. The quantitative estimate of drug-likeness (QED) is 0.381. The molecule has 2 aliphatic carbocycles. The average Bonchev–Trinajstić information content (AvgIpc) is 3.10. The number of aryl methyl sites for hydroxylation is 1. The van der Waals surface area contributed by atoms with Gasteiger partial charge in [-0.05, 0) is 105 Å². The third-order valence-electron chi connectivity index (χ3n) is 10.3. The Hall–Kier alpha value is -2.39. The number of benzene rings is 2. The van der Waals surface area contributed by atoms with Gasteiger partial charge in [0.05, 0.1) is 23.6 Å². The number of carbonyl (C=O) groups is 1. The second-order valence-electron chi connectivity index (χ2n) is 12.8. The van der Waals surface area contributed by atoms with E-state index in [9.17, 15) is 9.00 Å². The molecule has 1 spiro atoms. The van der Waals surface area contributed by atoms with Gasteiger partial charge in [0.1, 0.15) is 15.7 Å². The minimum absolute atomic E-state index is 0.00759. The molecule has 0 radical (unpaired) electrons. The number of amides is 1. The lowest BCUT2D eigenvalue weighted by molar-refractivity contribution is 0.0131. The second kappa shape index (κ2) is 11.6. The summed E-state index contributed by atoms with van der Waals surface area (Å²) in [5.41, 5.74) is 3.64. The average molecular weight is 612 g/mol. The maximum absolute atomic E-state index is 13.5. The van der Waals surface area contributed by atoms with Crippen LogP contribution in [0.3, 0.4) is 0 Å². The second-order valence-corrected chi connectivity index (χ2v) is 15.4. The molecule has 2 N–H and O–H groups in total. The highest BCUT2D eigenvalue weighted by Crippen LogP contribution is 2.47. The molecule has 1 saturated carbocycles. The van der Waals surface area contributed by atoms with Crippen molar-refractivity contribution in [1.82, 2.24) is 0 Å². The van der Waals surface area contributed by atoms with Crippen molar-refractivity contribution < 1.29 is 18.5 Å². The fourth-order valence-corrected chi connectivity index (χ4v) is 8.90. The van der Waals surface area contributed by atoms with Crippen LogP contribution < -0.4 is 14.8 Å². The molecular formula is C33H42ClN3O4S. The molecule has 7 nitrogen and oxygen atoms in total. The number of ether oxygens (including phenoxy) is 2. The smallest absolute Gasteiger partial charge is 0.286 e. The first-order valence-electron chi connectivity index (χ1n) is 15.2. The van der Waals surface area contributed by atoms with Gasteiger partial charge in [0.25, 0.3) is 5.91 Å². The van der Waals surface area contributed by atoms with Gasteiger partial charge in [-0.2, -0.15) is 0 Å². The molecule has 9 heteroatoms. The van der Waals surface area contributed by atoms with Crippen molar-refractivity contribution in [3.63, 3.8) is 0 Å². The number of fused-ring (bicyclic) bond motifs is 4. The normalized spacial score (nSPS) is 35.6. The van der Waals surface area contributed by atoms with Gasteiger partial charge < -0.3 is 14.4 Å². The van der Waals surface area contributed by atoms with Crippen LogP contribution in [-0.4, -0.2) is 48.3 Å². The topological polar surface area (TPSA) is 94.2 Å². The third kappa shape index (κ3) is 5.51. The Bertz CT molecular complexity index is 1520. The van der Waals surface area contributed by atoms with E-state index in [0.29, 0.717) is 30.4 Å². The van der Waals surface area contributed by atoms with Crippen LogP contribution in [0.2, 0.25) is 5.02 Å². The molecule has 42 heavy (non-hydrogen) atoms. The van der Waals surface area contributed by atoms with Gasteiger partial charge in [-0.15, -0.1) is 4.36 Å². The molecule has 6 rings (SSSR count). The number of allylic oxidation sites excluding steroid dienone is 1. The van der Waals surface area contributed by atoms with E-state index in [1.807, 2.05) is 32.0 Å². The monoisotopic (exact) mass is 611 g/mol. The number of nitrogens with two attached hydrogens (primary N) is 1. The number of methoxy groups -OCH3 is 1. The maximum Gasteiger partial charge on any atom is 0.286 e. The van der Waals surface area contributed by atoms with Crippen molar-refractivity contribution in [2.45, 2.75) is 69.1 Å². The molecule has 0 aromatic heterocycles. The van der Waals surface area contributed by atoms with Crippen LogP contribution in [0.25, 0.3) is 0 Å². The molecule has 2 bridgehead atoms. The Morgan fingerprint density at radius 2 is 2.02 bits per heavy atom. The highest BCUT2D eigenvalue weighted by molar-refractivity contribution is 7.92. The summed E-state index contributed by atoms with van der Waals surface area (Å²) in [6.45, 7) is 5.96. The van der Waals surface area contributed by atoms with Crippen LogP contribution in [0.4, 0.5) is 5.69 Å². The summed E-state index contributed by atoms with van der Waals surface area (Å²) >= 11 is 6.41. The fourth-order valence-electron chi connectivity index (χ4n) is 7.40. The van der Waals surface area contributed by atoms with Crippen molar-refractivity contribution in [3.05, 3.63) is 70.3 Å². The van der Waals surface area contributed by atoms with E-state index in [-0.39, 0.29) is 17.4 Å². The van der Waals surface area contributed by atoms with Crippen molar-refractivity contribution >= 4 is 33.1 Å². The molecule has 1 amide bonds. The molecule has 7 atom stereocenters. The van der Waals surface area contributed by atoms with Gasteiger partial charge >= 0.3 is 0 Å². The van der Waals surface area contributed by atoms with Crippen LogP contribution in [-0.2, 0) is 26.5 Å². The van der Waals surface area contributed by atoms with Crippen molar-refractivity contribution in [1.29, 1.82) is 0 Å². The lowest BCUT2D eigenvalue weighted by Gasteiger charge is -2.46. The lowest BCUT2D eigenvalue weighted by atomic mass is 9.68. The Labute approximate surface area is 255 Å².